The van der Waals surface area contributed by atoms with Crippen LogP contribution in [0.2, 0.25) is 0 Å². The molecule has 1 N–H and O–H groups in total. The predicted octanol–water partition coefficient (Wildman–Crippen LogP) is 2.35. The third-order valence-corrected chi connectivity index (χ3v) is 3.51. The van der Waals surface area contributed by atoms with Crippen molar-refractivity contribution in [2.75, 3.05) is 5.32 Å². The summed E-state index contributed by atoms with van der Waals surface area (Å²) in [6.07, 6.45) is 5.45. The number of hydrogen-bond acceptors (Lipinski definition) is 5. The van der Waals surface area contributed by atoms with Crippen LogP contribution in [-0.2, 0) is 6.54 Å². The van der Waals surface area contributed by atoms with Crippen LogP contribution < -0.4 is 5.32 Å². The van der Waals surface area contributed by atoms with Crippen LogP contribution in [0.5, 0.6) is 0 Å². The van der Waals surface area contributed by atoms with Gasteiger partial charge in [-0.25, -0.2) is 4.98 Å². The molecule has 2 rings (SSSR count). The number of imidazole rings is 1. The van der Waals surface area contributed by atoms with Gasteiger partial charge in [-0.2, -0.15) is 4.37 Å². The Kier molecular flexibility index (Phi) is 3.76. The van der Waals surface area contributed by atoms with E-state index >= 15 is 0 Å². The number of rotatable bonds is 5. The molecule has 2 heterocycles. The quantitative estimate of drug-likeness (QED) is 0.842. The number of anilines is 1. The zero-order chi connectivity index (χ0) is 13.1. The van der Waals surface area contributed by atoms with Crippen molar-refractivity contribution in [3.63, 3.8) is 0 Å². The van der Waals surface area contributed by atoms with Crippen molar-refractivity contribution in [3.05, 3.63) is 30.0 Å². The fourth-order valence-corrected chi connectivity index (χ4v) is 2.82. The molecule has 0 aliphatic heterocycles. The summed E-state index contributed by atoms with van der Waals surface area (Å²) in [6, 6.07) is 0.206. The number of hydrogen-bond donors (Lipinski definition) is 1. The summed E-state index contributed by atoms with van der Waals surface area (Å²) in [5.41, 5.74) is 1.50. The third-order valence-electron chi connectivity index (χ3n) is 2.64. The normalized spacial score (nSPS) is 12.4. The van der Waals surface area contributed by atoms with Crippen LogP contribution in [0.25, 0.3) is 0 Å². The molecule has 6 heteroatoms. The average molecular weight is 264 g/mol. The van der Waals surface area contributed by atoms with E-state index in [2.05, 4.69) is 21.6 Å². The van der Waals surface area contributed by atoms with Crippen molar-refractivity contribution in [3.8, 4) is 0 Å². The van der Waals surface area contributed by atoms with Crippen molar-refractivity contribution in [1.29, 1.82) is 0 Å². The van der Waals surface area contributed by atoms with E-state index in [0.717, 1.165) is 17.2 Å². The molecule has 18 heavy (non-hydrogen) atoms. The Morgan fingerprint density at radius 1 is 1.61 bits per heavy atom. The number of carbonyl (C=O) groups is 1. The Morgan fingerprint density at radius 3 is 3.00 bits per heavy atom. The monoisotopic (exact) mass is 264 g/mol. The summed E-state index contributed by atoms with van der Waals surface area (Å²) in [7, 11) is 0. The lowest BCUT2D eigenvalue weighted by atomic mass is 10.2. The van der Waals surface area contributed by atoms with E-state index in [-0.39, 0.29) is 11.8 Å². The molecule has 0 radical (unpaired) electrons. The van der Waals surface area contributed by atoms with Gasteiger partial charge in [-0.3, -0.25) is 4.79 Å². The summed E-state index contributed by atoms with van der Waals surface area (Å²) >= 11 is 1.34. The van der Waals surface area contributed by atoms with Crippen molar-refractivity contribution >= 4 is 22.3 Å². The van der Waals surface area contributed by atoms with E-state index < -0.39 is 0 Å². The second-order valence-electron chi connectivity index (χ2n) is 4.33. The summed E-state index contributed by atoms with van der Waals surface area (Å²) in [5.74, 6) is 0.0542. The molecule has 2 aromatic heterocycles. The maximum Gasteiger partial charge on any atom is 0.164 e. The first kappa shape index (κ1) is 12.8. The van der Waals surface area contributed by atoms with Gasteiger partial charge in [-0.05, 0) is 32.3 Å². The summed E-state index contributed by atoms with van der Waals surface area (Å²) < 4.78 is 6.23. The minimum absolute atomic E-state index is 0.0542. The van der Waals surface area contributed by atoms with Gasteiger partial charge >= 0.3 is 0 Å². The first-order valence-corrected chi connectivity index (χ1v) is 6.54. The molecule has 0 amide bonds. The number of aryl methyl sites for hydroxylation is 1. The number of nitrogens with one attached hydrogen (secondary N) is 1. The zero-order valence-electron chi connectivity index (χ0n) is 10.7. The lowest BCUT2D eigenvalue weighted by molar-refractivity contribution is 0.101. The number of aromatic nitrogens is 3. The van der Waals surface area contributed by atoms with Gasteiger partial charge in [-0.1, -0.05) is 0 Å². The van der Waals surface area contributed by atoms with Gasteiger partial charge in [0.1, 0.15) is 5.00 Å². The van der Waals surface area contributed by atoms with Crippen LogP contribution in [0.4, 0.5) is 5.00 Å². The fraction of sp³-hybridized carbons (Fsp3) is 0.417. The second kappa shape index (κ2) is 5.30. The Balaban J connectivity index is 2.07. The highest BCUT2D eigenvalue weighted by molar-refractivity contribution is 7.10. The minimum atomic E-state index is 0.0542. The highest BCUT2D eigenvalue weighted by Crippen LogP contribution is 2.25. The van der Waals surface area contributed by atoms with Crippen LogP contribution >= 0.6 is 11.5 Å². The molecule has 96 valence electrons. The molecule has 0 saturated carbocycles. The topological polar surface area (TPSA) is 59.8 Å². The molecule has 0 aliphatic rings. The van der Waals surface area contributed by atoms with Gasteiger partial charge < -0.3 is 9.88 Å². The first-order valence-electron chi connectivity index (χ1n) is 5.77. The Morgan fingerprint density at radius 2 is 2.39 bits per heavy atom. The molecule has 2 aromatic rings. The SMILES string of the molecule is CC(=O)c1c(C)nsc1NC(C)Cn1ccnc1. The van der Waals surface area contributed by atoms with E-state index in [4.69, 9.17) is 0 Å². The van der Waals surface area contributed by atoms with E-state index in [1.807, 2.05) is 17.7 Å². The van der Waals surface area contributed by atoms with Crippen molar-refractivity contribution in [1.82, 2.24) is 13.9 Å². The Labute approximate surface area is 110 Å². The molecule has 1 atom stereocenters. The Hall–Kier alpha value is -1.69. The second-order valence-corrected chi connectivity index (χ2v) is 5.11. The van der Waals surface area contributed by atoms with Gasteiger partial charge in [0.05, 0.1) is 17.6 Å². The molecular weight excluding hydrogens is 248 g/mol. The van der Waals surface area contributed by atoms with Crippen LogP contribution in [-0.4, -0.2) is 25.7 Å². The van der Waals surface area contributed by atoms with Gasteiger partial charge in [0.2, 0.25) is 0 Å². The van der Waals surface area contributed by atoms with Crippen LogP contribution in [0.3, 0.4) is 0 Å². The van der Waals surface area contributed by atoms with Crippen molar-refractivity contribution in [2.45, 2.75) is 33.4 Å². The fourth-order valence-electron chi connectivity index (χ4n) is 1.86. The highest BCUT2D eigenvalue weighted by atomic mass is 32.1. The van der Waals surface area contributed by atoms with Gasteiger partial charge in [0.15, 0.2) is 5.78 Å². The van der Waals surface area contributed by atoms with Crippen LogP contribution in [0.15, 0.2) is 18.7 Å². The summed E-state index contributed by atoms with van der Waals surface area (Å²) in [6.45, 7) is 6.30. The van der Waals surface area contributed by atoms with E-state index in [0.29, 0.717) is 5.56 Å². The smallest absolute Gasteiger partial charge is 0.164 e. The maximum atomic E-state index is 11.6. The van der Waals surface area contributed by atoms with Gasteiger partial charge in [0, 0.05) is 25.0 Å². The lowest BCUT2D eigenvalue weighted by Gasteiger charge is -2.14. The van der Waals surface area contributed by atoms with Crippen LogP contribution in [0, 0.1) is 6.92 Å². The number of carbonyl (C=O) groups excluding carboxylic acids is 1. The Bertz CT molecular complexity index is 532. The molecule has 1 unspecified atom stereocenters. The minimum Gasteiger partial charge on any atom is -0.371 e. The van der Waals surface area contributed by atoms with E-state index in [9.17, 15) is 4.79 Å². The van der Waals surface area contributed by atoms with Gasteiger partial charge in [0.25, 0.3) is 0 Å². The summed E-state index contributed by atoms with van der Waals surface area (Å²) in [5, 5.41) is 4.19. The molecule has 0 saturated heterocycles. The predicted molar refractivity (Wildman–Crippen MR) is 72.2 cm³/mol. The standard InChI is InChI=1S/C12H16N4OS/c1-8(6-16-5-4-13-7-16)14-12-11(10(3)17)9(2)15-18-12/h4-5,7-8,14H,6H2,1-3H3. The molecule has 0 fully saturated rings. The van der Waals surface area contributed by atoms with Crippen LogP contribution in [0.1, 0.15) is 29.9 Å². The summed E-state index contributed by atoms with van der Waals surface area (Å²) in [4.78, 5) is 15.6. The third kappa shape index (κ3) is 2.76. The molecule has 5 nitrogen and oxygen atoms in total. The number of nitrogens with zero attached hydrogens (tertiary/aromatic N) is 3. The molecule has 0 aromatic carbocycles. The average Bonchev–Trinajstić information content (AvgIpc) is 2.88. The molecule has 0 spiro atoms. The van der Waals surface area contributed by atoms with E-state index in [1.165, 1.54) is 11.5 Å². The number of ketones is 1. The maximum absolute atomic E-state index is 11.6. The van der Waals surface area contributed by atoms with Gasteiger partial charge in [-0.15, -0.1) is 0 Å². The lowest BCUT2D eigenvalue weighted by Crippen LogP contribution is -2.21. The van der Waals surface area contributed by atoms with Crippen molar-refractivity contribution < 1.29 is 4.79 Å². The first-order chi connectivity index (χ1) is 8.58. The van der Waals surface area contributed by atoms with E-state index in [1.54, 1.807) is 19.4 Å². The molecule has 0 aliphatic carbocycles. The molecule has 0 bridgehead atoms. The highest BCUT2D eigenvalue weighted by Gasteiger charge is 2.16. The van der Waals surface area contributed by atoms with Crippen molar-refractivity contribution in [2.24, 2.45) is 0 Å². The number of Topliss-reactive ketones (excluding diaryl/α,β-unsaturated/α-hetero) is 1. The zero-order valence-corrected chi connectivity index (χ0v) is 11.5. The molecular formula is C12H16N4OS. The largest absolute Gasteiger partial charge is 0.371 e.